The number of nitrogens with one attached hydrogen (secondary N) is 1. The minimum atomic E-state index is -0.696. The fourth-order valence-electron chi connectivity index (χ4n) is 1.28. The van der Waals surface area contributed by atoms with Crippen LogP contribution in [-0.2, 0) is 4.74 Å². The van der Waals surface area contributed by atoms with Gasteiger partial charge in [0.1, 0.15) is 5.82 Å². The van der Waals surface area contributed by atoms with E-state index < -0.39 is 11.6 Å². The van der Waals surface area contributed by atoms with Crippen LogP contribution in [0, 0.1) is 17.6 Å². The summed E-state index contributed by atoms with van der Waals surface area (Å²) >= 11 is 5.71. The minimum absolute atomic E-state index is 0.0337. The van der Waals surface area contributed by atoms with Crippen molar-refractivity contribution in [1.29, 1.82) is 0 Å². The lowest BCUT2D eigenvalue weighted by atomic mass is 10.2. The monoisotopic (exact) mass is 263 g/mol. The predicted molar refractivity (Wildman–Crippen MR) is 65.5 cm³/mol. The van der Waals surface area contributed by atoms with Gasteiger partial charge >= 0.3 is 0 Å². The normalized spacial score (nSPS) is 10.9. The maximum absolute atomic E-state index is 13.3. The molecule has 1 aromatic carbocycles. The van der Waals surface area contributed by atoms with Crippen LogP contribution in [0.1, 0.15) is 13.8 Å². The fraction of sp³-hybridized carbons (Fsp3) is 0.500. The van der Waals surface area contributed by atoms with Gasteiger partial charge in [0.25, 0.3) is 0 Å². The van der Waals surface area contributed by atoms with E-state index in [9.17, 15) is 8.78 Å². The van der Waals surface area contributed by atoms with Crippen LogP contribution < -0.4 is 5.32 Å². The summed E-state index contributed by atoms with van der Waals surface area (Å²) in [6.07, 6.45) is 0. The standard InChI is InChI=1S/C12H16ClF2NO/c1-8(2)7-17-4-3-16-12-10(13)5-9(14)6-11(12)15/h5-6,8,16H,3-4,7H2,1-2H3. The molecule has 0 aliphatic heterocycles. The van der Waals surface area contributed by atoms with E-state index in [2.05, 4.69) is 5.32 Å². The summed E-state index contributed by atoms with van der Waals surface area (Å²) in [7, 11) is 0. The molecule has 0 spiro atoms. The van der Waals surface area contributed by atoms with E-state index >= 15 is 0 Å². The Hall–Kier alpha value is -0.870. The zero-order valence-electron chi connectivity index (χ0n) is 9.90. The summed E-state index contributed by atoms with van der Waals surface area (Å²) in [5, 5.41) is 2.82. The molecule has 0 unspecified atom stereocenters. The molecule has 0 aromatic heterocycles. The fourth-order valence-corrected chi connectivity index (χ4v) is 1.54. The van der Waals surface area contributed by atoms with Crippen molar-refractivity contribution in [2.45, 2.75) is 13.8 Å². The summed E-state index contributed by atoms with van der Waals surface area (Å²) in [5.41, 5.74) is 0.112. The van der Waals surface area contributed by atoms with Crippen LogP contribution in [0.3, 0.4) is 0 Å². The number of ether oxygens (including phenoxy) is 1. The Balaban J connectivity index is 2.42. The lowest BCUT2D eigenvalue weighted by Gasteiger charge is -2.11. The molecule has 0 saturated carbocycles. The van der Waals surface area contributed by atoms with Crippen molar-refractivity contribution in [3.8, 4) is 0 Å². The molecule has 96 valence electrons. The molecule has 5 heteroatoms. The number of rotatable bonds is 6. The van der Waals surface area contributed by atoms with Crippen LogP contribution in [-0.4, -0.2) is 19.8 Å². The second-order valence-electron chi connectivity index (χ2n) is 4.14. The molecule has 0 amide bonds. The minimum Gasteiger partial charge on any atom is -0.379 e. The lowest BCUT2D eigenvalue weighted by Crippen LogP contribution is -2.13. The van der Waals surface area contributed by atoms with Crippen molar-refractivity contribution < 1.29 is 13.5 Å². The highest BCUT2D eigenvalue weighted by Crippen LogP contribution is 2.25. The van der Waals surface area contributed by atoms with Crippen LogP contribution in [0.15, 0.2) is 12.1 Å². The first-order chi connectivity index (χ1) is 8.00. The molecule has 0 aliphatic carbocycles. The SMILES string of the molecule is CC(C)COCCNc1c(F)cc(F)cc1Cl. The van der Waals surface area contributed by atoms with Crippen molar-refractivity contribution >= 4 is 17.3 Å². The zero-order valence-corrected chi connectivity index (χ0v) is 10.7. The molecule has 17 heavy (non-hydrogen) atoms. The van der Waals surface area contributed by atoms with Crippen LogP contribution >= 0.6 is 11.6 Å². The third-order valence-electron chi connectivity index (χ3n) is 2.01. The van der Waals surface area contributed by atoms with Gasteiger partial charge < -0.3 is 10.1 Å². The summed E-state index contributed by atoms with van der Waals surface area (Å²) < 4.78 is 31.4. The van der Waals surface area contributed by atoms with Gasteiger partial charge in [0.15, 0.2) is 5.82 Å². The number of anilines is 1. The molecule has 0 radical (unpaired) electrons. The Labute approximate surface area is 105 Å². The Bertz CT molecular complexity index is 349. The van der Waals surface area contributed by atoms with Gasteiger partial charge in [0.05, 0.1) is 17.3 Å². The van der Waals surface area contributed by atoms with Crippen molar-refractivity contribution in [1.82, 2.24) is 0 Å². The summed E-state index contributed by atoms with van der Waals surface area (Å²) in [4.78, 5) is 0. The molecule has 0 atom stereocenters. The molecule has 0 saturated heterocycles. The smallest absolute Gasteiger partial charge is 0.150 e. The van der Waals surface area contributed by atoms with Crippen molar-refractivity contribution in [3.05, 3.63) is 28.8 Å². The van der Waals surface area contributed by atoms with Gasteiger partial charge in [-0.2, -0.15) is 0 Å². The molecular formula is C12H16ClF2NO. The second-order valence-corrected chi connectivity index (χ2v) is 4.55. The number of hydrogen-bond acceptors (Lipinski definition) is 2. The molecule has 0 fully saturated rings. The third-order valence-corrected chi connectivity index (χ3v) is 2.30. The summed E-state index contributed by atoms with van der Waals surface area (Å²) in [6, 6.07) is 1.87. The average Bonchev–Trinajstić information content (AvgIpc) is 2.20. The van der Waals surface area contributed by atoms with Crippen LogP contribution in [0.2, 0.25) is 5.02 Å². The molecule has 1 rings (SSSR count). The largest absolute Gasteiger partial charge is 0.379 e. The van der Waals surface area contributed by atoms with Crippen molar-refractivity contribution in [2.75, 3.05) is 25.1 Å². The van der Waals surface area contributed by atoms with Gasteiger partial charge in [-0.3, -0.25) is 0 Å². The molecule has 2 nitrogen and oxygen atoms in total. The third kappa shape index (κ3) is 4.88. The van der Waals surface area contributed by atoms with Crippen LogP contribution in [0.25, 0.3) is 0 Å². The maximum atomic E-state index is 13.3. The van der Waals surface area contributed by atoms with Crippen molar-refractivity contribution in [2.24, 2.45) is 5.92 Å². The maximum Gasteiger partial charge on any atom is 0.150 e. The molecular weight excluding hydrogens is 248 g/mol. The first-order valence-corrected chi connectivity index (χ1v) is 5.84. The van der Waals surface area contributed by atoms with Gasteiger partial charge in [0, 0.05) is 19.2 Å². The zero-order chi connectivity index (χ0) is 12.8. The molecule has 1 N–H and O–H groups in total. The van der Waals surface area contributed by atoms with Gasteiger partial charge in [0.2, 0.25) is 0 Å². The number of halogens is 3. The first-order valence-electron chi connectivity index (χ1n) is 5.47. The van der Waals surface area contributed by atoms with E-state index in [1.165, 1.54) is 0 Å². The van der Waals surface area contributed by atoms with E-state index in [1.54, 1.807) is 0 Å². The number of hydrogen-bond donors (Lipinski definition) is 1. The Morgan fingerprint density at radius 2 is 2.06 bits per heavy atom. The quantitative estimate of drug-likeness (QED) is 0.790. The van der Waals surface area contributed by atoms with Gasteiger partial charge in [-0.1, -0.05) is 25.4 Å². The van der Waals surface area contributed by atoms with E-state index in [0.29, 0.717) is 25.7 Å². The number of benzene rings is 1. The molecule has 0 bridgehead atoms. The summed E-state index contributed by atoms with van der Waals surface area (Å²) in [6.45, 7) is 5.62. The first kappa shape index (κ1) is 14.2. The van der Waals surface area contributed by atoms with Crippen LogP contribution in [0.5, 0.6) is 0 Å². The second kappa shape index (κ2) is 6.77. The van der Waals surface area contributed by atoms with E-state index in [0.717, 1.165) is 12.1 Å². The topological polar surface area (TPSA) is 21.3 Å². The van der Waals surface area contributed by atoms with Crippen molar-refractivity contribution in [3.63, 3.8) is 0 Å². The highest BCUT2D eigenvalue weighted by Gasteiger charge is 2.09. The average molecular weight is 264 g/mol. The van der Waals surface area contributed by atoms with Crippen LogP contribution in [0.4, 0.5) is 14.5 Å². The van der Waals surface area contributed by atoms with E-state index in [1.807, 2.05) is 13.8 Å². The van der Waals surface area contributed by atoms with Gasteiger partial charge in [-0.25, -0.2) is 8.78 Å². The van der Waals surface area contributed by atoms with Gasteiger partial charge in [-0.05, 0) is 12.0 Å². The summed E-state index contributed by atoms with van der Waals surface area (Å²) in [5.74, 6) is -0.922. The Kier molecular flexibility index (Phi) is 5.65. The lowest BCUT2D eigenvalue weighted by molar-refractivity contribution is 0.118. The van der Waals surface area contributed by atoms with Gasteiger partial charge in [-0.15, -0.1) is 0 Å². The molecule has 0 heterocycles. The Morgan fingerprint density at radius 3 is 2.65 bits per heavy atom. The highest BCUT2D eigenvalue weighted by atomic mass is 35.5. The Morgan fingerprint density at radius 1 is 1.35 bits per heavy atom. The highest BCUT2D eigenvalue weighted by molar-refractivity contribution is 6.33. The van der Waals surface area contributed by atoms with E-state index in [4.69, 9.17) is 16.3 Å². The molecule has 0 aliphatic rings. The predicted octanol–water partition coefficient (Wildman–Crippen LogP) is 3.70. The molecule has 1 aromatic rings. The van der Waals surface area contributed by atoms with E-state index in [-0.39, 0.29) is 10.7 Å².